The van der Waals surface area contributed by atoms with Crippen LogP contribution in [0.3, 0.4) is 0 Å². The monoisotopic (exact) mass is 289 g/mol. The molecule has 0 spiro atoms. The van der Waals surface area contributed by atoms with Gasteiger partial charge in [0.15, 0.2) is 0 Å². The van der Waals surface area contributed by atoms with Crippen LogP contribution in [0.1, 0.15) is 18.4 Å². The predicted octanol–water partition coefficient (Wildman–Crippen LogP) is 4.23. The molecule has 0 radical (unpaired) electrons. The number of halogens is 2. The fourth-order valence-corrected chi connectivity index (χ4v) is 3.62. The maximum Gasteiger partial charge on any atom is 0.0451 e. The third kappa shape index (κ3) is 4.36. The van der Waals surface area contributed by atoms with Gasteiger partial charge in [0.05, 0.1) is 0 Å². The van der Waals surface area contributed by atoms with Gasteiger partial charge in [0.2, 0.25) is 0 Å². The molecule has 1 nitrogen and oxygen atoms in total. The molecule has 17 heavy (non-hydrogen) atoms. The van der Waals surface area contributed by atoms with E-state index in [1.807, 2.05) is 18.2 Å². The lowest BCUT2D eigenvalue weighted by atomic mass is 10.0. The lowest BCUT2D eigenvalue weighted by Crippen LogP contribution is -2.25. The lowest BCUT2D eigenvalue weighted by molar-refractivity contribution is 0.448. The van der Waals surface area contributed by atoms with Crippen LogP contribution in [0.25, 0.3) is 0 Å². The molecule has 1 aliphatic heterocycles. The number of thioether (sulfide) groups is 1. The summed E-state index contributed by atoms with van der Waals surface area (Å²) in [4.78, 5) is 0. The quantitative estimate of drug-likeness (QED) is 0.890. The molecular weight excluding hydrogens is 273 g/mol. The summed E-state index contributed by atoms with van der Waals surface area (Å²) < 4.78 is 0. The molecule has 0 unspecified atom stereocenters. The fraction of sp³-hybridized carbons (Fsp3) is 0.538. The number of benzene rings is 1. The van der Waals surface area contributed by atoms with E-state index in [9.17, 15) is 0 Å². The third-order valence-corrected chi connectivity index (χ3v) is 4.75. The highest BCUT2D eigenvalue weighted by atomic mass is 35.5. The molecule has 1 N–H and O–H groups in total. The van der Waals surface area contributed by atoms with Crippen molar-refractivity contribution in [1.29, 1.82) is 0 Å². The van der Waals surface area contributed by atoms with Crippen molar-refractivity contribution < 1.29 is 0 Å². The number of rotatable bonds is 4. The largest absolute Gasteiger partial charge is 0.312 e. The molecule has 1 aromatic carbocycles. The standard InChI is InChI=1S/C13H17Cl2NS/c14-12-1-2-13(15)11(7-12)9-16-8-10-3-5-17-6-4-10/h1-2,7,10,16H,3-6,8-9H2. The van der Waals surface area contributed by atoms with E-state index in [0.29, 0.717) is 0 Å². The first-order chi connectivity index (χ1) is 8.25. The van der Waals surface area contributed by atoms with E-state index < -0.39 is 0 Å². The van der Waals surface area contributed by atoms with Gasteiger partial charge in [0.1, 0.15) is 0 Å². The first kappa shape index (κ1) is 13.5. The van der Waals surface area contributed by atoms with E-state index in [4.69, 9.17) is 23.2 Å². The van der Waals surface area contributed by atoms with Crippen molar-refractivity contribution in [3.05, 3.63) is 33.8 Å². The van der Waals surface area contributed by atoms with Gasteiger partial charge in [-0.3, -0.25) is 0 Å². The molecular formula is C13H17Cl2NS. The van der Waals surface area contributed by atoms with Crippen LogP contribution in [0.15, 0.2) is 18.2 Å². The summed E-state index contributed by atoms with van der Waals surface area (Å²) >= 11 is 14.1. The molecule has 94 valence electrons. The van der Waals surface area contributed by atoms with E-state index in [0.717, 1.165) is 34.6 Å². The highest BCUT2D eigenvalue weighted by Gasteiger charge is 2.13. The Morgan fingerprint density at radius 1 is 1.24 bits per heavy atom. The van der Waals surface area contributed by atoms with E-state index in [-0.39, 0.29) is 0 Å². The minimum atomic E-state index is 0.750. The maximum absolute atomic E-state index is 6.12. The number of hydrogen-bond acceptors (Lipinski definition) is 2. The smallest absolute Gasteiger partial charge is 0.0451 e. The van der Waals surface area contributed by atoms with E-state index >= 15 is 0 Å². The highest BCUT2D eigenvalue weighted by molar-refractivity contribution is 7.99. The molecule has 1 heterocycles. The lowest BCUT2D eigenvalue weighted by Gasteiger charge is -2.21. The van der Waals surface area contributed by atoms with Gasteiger partial charge in [-0.1, -0.05) is 23.2 Å². The summed E-state index contributed by atoms with van der Waals surface area (Å²) in [7, 11) is 0. The second-order valence-corrected chi connectivity index (χ2v) is 6.49. The van der Waals surface area contributed by atoms with Crippen LogP contribution in [-0.2, 0) is 6.54 Å². The summed E-state index contributed by atoms with van der Waals surface area (Å²) in [5, 5.41) is 5.03. The molecule has 1 aliphatic rings. The van der Waals surface area contributed by atoms with Crippen LogP contribution < -0.4 is 5.32 Å². The highest BCUT2D eigenvalue weighted by Crippen LogP contribution is 2.23. The Balaban J connectivity index is 1.79. The normalized spacial score (nSPS) is 17.3. The van der Waals surface area contributed by atoms with E-state index in [2.05, 4.69) is 17.1 Å². The van der Waals surface area contributed by atoms with Gasteiger partial charge in [0.25, 0.3) is 0 Å². The van der Waals surface area contributed by atoms with Crippen molar-refractivity contribution in [2.24, 2.45) is 5.92 Å². The topological polar surface area (TPSA) is 12.0 Å². The zero-order valence-corrected chi connectivity index (χ0v) is 12.0. The van der Waals surface area contributed by atoms with Crippen LogP contribution in [0.5, 0.6) is 0 Å². The van der Waals surface area contributed by atoms with Crippen LogP contribution in [0.2, 0.25) is 10.0 Å². The van der Waals surface area contributed by atoms with E-state index in [1.165, 1.54) is 24.3 Å². The number of hydrogen-bond donors (Lipinski definition) is 1. The molecule has 2 rings (SSSR count). The Hall–Kier alpha value is 0.110. The first-order valence-electron chi connectivity index (χ1n) is 5.98. The molecule has 0 saturated carbocycles. The van der Waals surface area contributed by atoms with Gasteiger partial charge in [-0.05, 0) is 60.6 Å². The first-order valence-corrected chi connectivity index (χ1v) is 7.89. The molecule has 1 fully saturated rings. The van der Waals surface area contributed by atoms with Gasteiger partial charge >= 0.3 is 0 Å². The average molecular weight is 290 g/mol. The number of nitrogens with one attached hydrogen (secondary N) is 1. The van der Waals surface area contributed by atoms with Crippen LogP contribution in [0.4, 0.5) is 0 Å². The zero-order chi connectivity index (χ0) is 12.1. The van der Waals surface area contributed by atoms with Gasteiger partial charge in [-0.25, -0.2) is 0 Å². The van der Waals surface area contributed by atoms with Crippen molar-refractivity contribution in [3.63, 3.8) is 0 Å². The minimum absolute atomic E-state index is 0.750. The summed E-state index contributed by atoms with van der Waals surface area (Å²) in [6.45, 7) is 1.90. The molecule has 1 aromatic rings. The SMILES string of the molecule is Clc1ccc(Cl)c(CNCC2CCSCC2)c1. The summed E-state index contributed by atoms with van der Waals surface area (Å²) in [6.07, 6.45) is 2.67. The van der Waals surface area contributed by atoms with Crippen LogP contribution in [-0.4, -0.2) is 18.1 Å². The molecule has 0 amide bonds. The third-order valence-electron chi connectivity index (χ3n) is 3.10. The average Bonchev–Trinajstić information content (AvgIpc) is 2.35. The molecule has 0 atom stereocenters. The van der Waals surface area contributed by atoms with Gasteiger partial charge in [-0.15, -0.1) is 0 Å². The fourth-order valence-electron chi connectivity index (χ4n) is 2.04. The van der Waals surface area contributed by atoms with Crippen molar-refractivity contribution >= 4 is 35.0 Å². The predicted molar refractivity (Wildman–Crippen MR) is 78.2 cm³/mol. The molecule has 1 saturated heterocycles. The summed E-state index contributed by atoms with van der Waals surface area (Å²) in [5.74, 6) is 3.45. The summed E-state index contributed by atoms with van der Waals surface area (Å²) in [5.41, 5.74) is 1.09. The van der Waals surface area contributed by atoms with Gasteiger partial charge in [-0.2, -0.15) is 11.8 Å². The molecule has 4 heteroatoms. The van der Waals surface area contributed by atoms with Crippen molar-refractivity contribution in [1.82, 2.24) is 5.32 Å². The maximum atomic E-state index is 6.12. The molecule has 0 bridgehead atoms. The molecule has 0 aliphatic carbocycles. The Morgan fingerprint density at radius 2 is 2.00 bits per heavy atom. The Morgan fingerprint density at radius 3 is 2.76 bits per heavy atom. The van der Waals surface area contributed by atoms with Gasteiger partial charge < -0.3 is 5.32 Å². The van der Waals surface area contributed by atoms with Crippen molar-refractivity contribution in [2.45, 2.75) is 19.4 Å². The Kier molecular flexibility index (Phi) is 5.49. The molecule has 0 aromatic heterocycles. The van der Waals surface area contributed by atoms with Crippen molar-refractivity contribution in [2.75, 3.05) is 18.1 Å². The minimum Gasteiger partial charge on any atom is -0.312 e. The Bertz CT molecular complexity index is 364. The second-order valence-electron chi connectivity index (χ2n) is 4.42. The van der Waals surface area contributed by atoms with Crippen LogP contribution >= 0.6 is 35.0 Å². The zero-order valence-electron chi connectivity index (χ0n) is 9.72. The Labute approximate surface area is 117 Å². The van der Waals surface area contributed by atoms with Crippen molar-refractivity contribution in [3.8, 4) is 0 Å². The van der Waals surface area contributed by atoms with E-state index in [1.54, 1.807) is 0 Å². The van der Waals surface area contributed by atoms with Crippen LogP contribution in [0, 0.1) is 5.92 Å². The second kappa shape index (κ2) is 6.89. The van der Waals surface area contributed by atoms with Gasteiger partial charge in [0, 0.05) is 16.6 Å². The summed E-state index contributed by atoms with van der Waals surface area (Å²) in [6, 6.07) is 5.62.